The van der Waals surface area contributed by atoms with Crippen molar-refractivity contribution in [3.8, 4) is 0 Å². The van der Waals surface area contributed by atoms with Gasteiger partial charge in [-0.15, -0.1) is 0 Å². The van der Waals surface area contributed by atoms with Crippen molar-refractivity contribution >= 4 is 11.6 Å². The zero-order valence-electron chi connectivity index (χ0n) is 11.2. The molecule has 2 rings (SSSR count). The zero-order valence-corrected chi connectivity index (χ0v) is 11.2. The minimum Gasteiger partial charge on any atom is -0.397 e. The third kappa shape index (κ3) is 1.99. The molecule has 0 aromatic carbocycles. The average Bonchev–Trinajstić information content (AvgIpc) is 2.65. The molecule has 1 fully saturated rings. The van der Waals surface area contributed by atoms with E-state index in [0.717, 1.165) is 0 Å². The Morgan fingerprint density at radius 1 is 1.56 bits per heavy atom. The van der Waals surface area contributed by atoms with Gasteiger partial charge >= 0.3 is 0 Å². The lowest BCUT2D eigenvalue weighted by Gasteiger charge is -2.49. The molecule has 0 radical (unpaired) electrons. The van der Waals surface area contributed by atoms with E-state index in [1.165, 1.54) is 0 Å². The quantitative estimate of drug-likeness (QED) is 0.839. The Morgan fingerprint density at radius 3 is 2.67 bits per heavy atom. The maximum Gasteiger partial charge on any atom is 0.270 e. The highest BCUT2D eigenvalue weighted by atomic mass is 16.3. The van der Waals surface area contributed by atoms with Gasteiger partial charge in [0, 0.05) is 12.7 Å². The third-order valence-electron chi connectivity index (χ3n) is 3.77. The molecule has 0 unspecified atom stereocenters. The van der Waals surface area contributed by atoms with Gasteiger partial charge in [0.1, 0.15) is 11.3 Å². The van der Waals surface area contributed by atoms with Gasteiger partial charge in [-0.2, -0.15) is 0 Å². The Kier molecular flexibility index (Phi) is 3.11. The summed E-state index contributed by atoms with van der Waals surface area (Å²) in [6.07, 6.45) is 1.77. The molecular weight excluding hydrogens is 230 g/mol. The summed E-state index contributed by atoms with van der Waals surface area (Å²) >= 11 is 0. The van der Waals surface area contributed by atoms with Gasteiger partial charge in [-0.3, -0.25) is 4.79 Å². The van der Waals surface area contributed by atoms with Crippen LogP contribution in [0.2, 0.25) is 0 Å². The van der Waals surface area contributed by atoms with Crippen molar-refractivity contribution in [1.29, 1.82) is 0 Å². The van der Waals surface area contributed by atoms with Gasteiger partial charge in [-0.1, -0.05) is 13.8 Å². The van der Waals surface area contributed by atoms with Crippen LogP contribution in [-0.4, -0.2) is 39.2 Å². The molecule has 0 atom stereocenters. The van der Waals surface area contributed by atoms with Gasteiger partial charge in [-0.05, 0) is 18.9 Å². The fourth-order valence-electron chi connectivity index (χ4n) is 2.26. The Labute approximate surface area is 107 Å². The number of β-amino-alcohol motifs (C(OH)–C–C–N with tert-alkyl or cyclic N) is 1. The number of rotatable bonds is 3. The Morgan fingerprint density at radius 2 is 2.17 bits per heavy atom. The first kappa shape index (κ1) is 13.0. The monoisotopic (exact) mass is 251 g/mol. The van der Waals surface area contributed by atoms with E-state index in [1.807, 2.05) is 25.3 Å². The van der Waals surface area contributed by atoms with Crippen LogP contribution in [0.25, 0.3) is 0 Å². The summed E-state index contributed by atoms with van der Waals surface area (Å²) < 4.78 is 1.84. The molecule has 1 aliphatic heterocycles. The fourth-order valence-corrected chi connectivity index (χ4v) is 2.26. The molecule has 1 aromatic heterocycles. The molecule has 18 heavy (non-hydrogen) atoms. The highest BCUT2D eigenvalue weighted by Crippen LogP contribution is 2.30. The number of anilines is 1. The van der Waals surface area contributed by atoms with E-state index in [1.54, 1.807) is 17.2 Å². The van der Waals surface area contributed by atoms with Gasteiger partial charge in [0.25, 0.3) is 5.91 Å². The van der Waals surface area contributed by atoms with Crippen LogP contribution in [0.5, 0.6) is 0 Å². The third-order valence-corrected chi connectivity index (χ3v) is 3.77. The lowest BCUT2D eigenvalue weighted by molar-refractivity contribution is -0.111. The predicted molar refractivity (Wildman–Crippen MR) is 70.2 cm³/mol. The Hall–Kier alpha value is -1.49. The predicted octanol–water partition coefficient (Wildman–Crippen LogP) is 0.933. The molecule has 0 spiro atoms. The normalized spacial score (nSPS) is 17.9. The van der Waals surface area contributed by atoms with E-state index < -0.39 is 5.60 Å². The SMILES string of the molecule is CCn1cc(N)cc1C(=O)N1CC(O)(C(C)C)C1. The summed E-state index contributed by atoms with van der Waals surface area (Å²) in [6, 6.07) is 1.69. The largest absolute Gasteiger partial charge is 0.397 e. The molecule has 1 amide bonds. The average molecular weight is 251 g/mol. The number of amides is 1. The van der Waals surface area contributed by atoms with Crippen LogP contribution in [-0.2, 0) is 6.54 Å². The van der Waals surface area contributed by atoms with Crippen LogP contribution in [0.1, 0.15) is 31.3 Å². The fraction of sp³-hybridized carbons (Fsp3) is 0.615. The summed E-state index contributed by atoms with van der Waals surface area (Å²) in [5.74, 6) is 0.100. The van der Waals surface area contributed by atoms with Crippen LogP contribution < -0.4 is 5.73 Å². The summed E-state index contributed by atoms with van der Waals surface area (Å²) in [5, 5.41) is 10.2. The van der Waals surface area contributed by atoms with Crippen molar-refractivity contribution in [2.45, 2.75) is 32.9 Å². The van der Waals surface area contributed by atoms with Gasteiger partial charge in [0.2, 0.25) is 0 Å². The van der Waals surface area contributed by atoms with Crippen LogP contribution in [0, 0.1) is 5.92 Å². The number of aliphatic hydroxyl groups is 1. The van der Waals surface area contributed by atoms with Crippen LogP contribution in [0.4, 0.5) is 5.69 Å². The van der Waals surface area contributed by atoms with E-state index in [9.17, 15) is 9.90 Å². The van der Waals surface area contributed by atoms with Gasteiger partial charge in [0.05, 0.1) is 18.8 Å². The molecule has 100 valence electrons. The summed E-state index contributed by atoms with van der Waals surface area (Å²) in [6.45, 7) is 7.41. The number of aryl methyl sites for hydroxylation is 1. The number of hydrogen-bond donors (Lipinski definition) is 2. The summed E-state index contributed by atoms with van der Waals surface area (Å²) in [4.78, 5) is 13.9. The van der Waals surface area contributed by atoms with E-state index in [-0.39, 0.29) is 11.8 Å². The highest BCUT2D eigenvalue weighted by molar-refractivity contribution is 5.94. The van der Waals surface area contributed by atoms with E-state index >= 15 is 0 Å². The maximum atomic E-state index is 12.3. The molecule has 3 N–H and O–H groups in total. The molecule has 5 heteroatoms. The zero-order chi connectivity index (χ0) is 13.5. The first-order valence-corrected chi connectivity index (χ1v) is 6.34. The van der Waals surface area contributed by atoms with Gasteiger partial charge in [0.15, 0.2) is 0 Å². The van der Waals surface area contributed by atoms with Crippen LogP contribution in [0.15, 0.2) is 12.3 Å². The second kappa shape index (κ2) is 4.31. The van der Waals surface area contributed by atoms with Crippen molar-refractivity contribution in [1.82, 2.24) is 9.47 Å². The number of aromatic nitrogens is 1. The lowest BCUT2D eigenvalue weighted by atomic mass is 9.83. The molecule has 0 aliphatic carbocycles. The highest BCUT2D eigenvalue weighted by Gasteiger charge is 2.46. The van der Waals surface area contributed by atoms with E-state index in [0.29, 0.717) is 31.0 Å². The van der Waals surface area contributed by atoms with Crippen molar-refractivity contribution in [2.24, 2.45) is 5.92 Å². The molecule has 2 heterocycles. The molecule has 1 aliphatic rings. The second-order valence-electron chi connectivity index (χ2n) is 5.36. The van der Waals surface area contributed by atoms with E-state index in [4.69, 9.17) is 5.73 Å². The minimum absolute atomic E-state index is 0.0566. The smallest absolute Gasteiger partial charge is 0.270 e. The Bertz CT molecular complexity index is 459. The number of nitrogen functional groups attached to an aromatic ring is 1. The Balaban J connectivity index is 2.10. The summed E-state index contributed by atoms with van der Waals surface area (Å²) in [5.41, 5.74) is 6.18. The molecule has 0 bridgehead atoms. The molecule has 5 nitrogen and oxygen atoms in total. The van der Waals surface area contributed by atoms with Gasteiger partial charge < -0.3 is 20.3 Å². The maximum absolute atomic E-state index is 12.3. The molecule has 1 aromatic rings. The number of hydrogen-bond acceptors (Lipinski definition) is 3. The minimum atomic E-state index is -0.731. The number of nitrogens with zero attached hydrogens (tertiary/aromatic N) is 2. The van der Waals surface area contributed by atoms with Gasteiger partial charge in [-0.25, -0.2) is 0 Å². The topological polar surface area (TPSA) is 71.5 Å². The molecule has 1 saturated heterocycles. The van der Waals surface area contributed by atoms with Crippen LogP contribution in [0.3, 0.4) is 0 Å². The van der Waals surface area contributed by atoms with Crippen molar-refractivity contribution in [3.63, 3.8) is 0 Å². The summed E-state index contributed by atoms with van der Waals surface area (Å²) in [7, 11) is 0. The molecule has 0 saturated carbocycles. The van der Waals surface area contributed by atoms with Crippen molar-refractivity contribution in [3.05, 3.63) is 18.0 Å². The lowest BCUT2D eigenvalue weighted by Crippen LogP contribution is -2.66. The van der Waals surface area contributed by atoms with Crippen LogP contribution >= 0.6 is 0 Å². The number of carbonyl (C=O) groups is 1. The van der Waals surface area contributed by atoms with Crippen molar-refractivity contribution in [2.75, 3.05) is 18.8 Å². The number of carbonyl (C=O) groups excluding carboxylic acids is 1. The van der Waals surface area contributed by atoms with E-state index in [2.05, 4.69) is 0 Å². The standard InChI is InChI=1S/C13H21N3O2/c1-4-15-6-10(14)5-11(15)12(17)16-7-13(18,8-16)9(2)3/h5-6,9,18H,4,7-8,14H2,1-3H3. The van der Waals surface area contributed by atoms with Crippen molar-refractivity contribution < 1.29 is 9.90 Å². The number of likely N-dealkylation sites (tertiary alicyclic amines) is 1. The first-order chi connectivity index (χ1) is 8.37. The first-order valence-electron chi connectivity index (χ1n) is 6.34. The number of nitrogens with two attached hydrogens (primary N) is 1. The molecular formula is C13H21N3O2. The second-order valence-corrected chi connectivity index (χ2v) is 5.36.